The van der Waals surface area contributed by atoms with E-state index in [1.165, 1.54) is 6.07 Å². The van der Waals surface area contributed by atoms with Crippen LogP contribution >= 0.6 is 0 Å². The molecule has 1 aliphatic heterocycles. The highest BCUT2D eigenvalue weighted by atomic mass is 19.1. The monoisotopic (exact) mass is 406 g/mol. The van der Waals surface area contributed by atoms with Crippen molar-refractivity contribution < 1.29 is 4.39 Å². The molecule has 7 heteroatoms. The number of allylic oxidation sites excluding steroid dienone is 1. The van der Waals surface area contributed by atoms with Crippen LogP contribution in [0.3, 0.4) is 0 Å². The Balaban J connectivity index is 1.92. The smallest absolute Gasteiger partial charge is 0.156 e. The number of nitriles is 1. The molecule has 1 N–H and O–H groups in total. The fourth-order valence-corrected chi connectivity index (χ4v) is 3.49. The third-order valence-electron chi connectivity index (χ3n) is 5.37. The summed E-state index contributed by atoms with van der Waals surface area (Å²) in [5.41, 5.74) is 2.50. The highest BCUT2D eigenvalue weighted by Gasteiger charge is 2.14. The molecule has 1 fully saturated rings. The van der Waals surface area contributed by atoms with Crippen molar-refractivity contribution in [3.63, 3.8) is 0 Å². The van der Waals surface area contributed by atoms with Crippen molar-refractivity contribution >= 4 is 18.0 Å². The van der Waals surface area contributed by atoms with E-state index in [0.717, 1.165) is 48.0 Å². The number of piperazine rings is 1. The molecule has 1 aliphatic rings. The zero-order valence-electron chi connectivity index (χ0n) is 17.7. The second kappa shape index (κ2) is 9.51. The van der Waals surface area contributed by atoms with Crippen LogP contribution in [0.15, 0.2) is 30.5 Å². The molecule has 3 rings (SSSR count). The first kappa shape index (κ1) is 21.5. The molecule has 0 amide bonds. The molecule has 0 saturated carbocycles. The molecule has 0 unspecified atom stereocenters. The summed E-state index contributed by atoms with van der Waals surface area (Å²) in [5.74, 6) is 0.156. The summed E-state index contributed by atoms with van der Waals surface area (Å²) in [4.78, 5) is 4.56. The lowest BCUT2D eigenvalue weighted by Gasteiger charge is -2.34. The molecule has 0 bridgehead atoms. The molecule has 1 aromatic heterocycles. The predicted molar refractivity (Wildman–Crippen MR) is 117 cm³/mol. The van der Waals surface area contributed by atoms with E-state index in [1.807, 2.05) is 32.1 Å². The number of anilines is 1. The van der Waals surface area contributed by atoms with Gasteiger partial charge in [-0.25, -0.2) is 4.39 Å². The van der Waals surface area contributed by atoms with Gasteiger partial charge in [0.05, 0.1) is 17.3 Å². The van der Waals surface area contributed by atoms with E-state index in [0.29, 0.717) is 16.9 Å². The van der Waals surface area contributed by atoms with Crippen molar-refractivity contribution in [2.75, 3.05) is 38.5 Å². The lowest BCUT2D eigenvalue weighted by molar-refractivity contribution is 0.192. The van der Waals surface area contributed by atoms with Gasteiger partial charge in [-0.05, 0) is 39.1 Å². The molecule has 156 valence electrons. The summed E-state index contributed by atoms with van der Waals surface area (Å²) in [6.45, 7) is 12.2. The molecular formula is C23H27FN6. The number of likely N-dealkylation sites (N-methyl/N-ethyl adjacent to an activating group) is 1. The van der Waals surface area contributed by atoms with Crippen LogP contribution in [-0.4, -0.2) is 53.2 Å². The molecule has 0 spiro atoms. The van der Waals surface area contributed by atoms with E-state index in [4.69, 9.17) is 5.26 Å². The lowest BCUT2D eigenvalue weighted by Crippen LogP contribution is -2.44. The van der Waals surface area contributed by atoms with Crippen LogP contribution in [-0.2, 0) is 6.54 Å². The number of nitrogens with one attached hydrogen (secondary N) is 1. The molecule has 30 heavy (non-hydrogen) atoms. The molecule has 1 saturated heterocycles. The highest BCUT2D eigenvalue weighted by molar-refractivity contribution is 5.53. The summed E-state index contributed by atoms with van der Waals surface area (Å²) in [7, 11) is 2.12. The number of nitrogens with zero attached hydrogens (tertiary/aromatic N) is 5. The quantitative estimate of drug-likeness (QED) is 0.816. The fourth-order valence-electron chi connectivity index (χ4n) is 3.49. The van der Waals surface area contributed by atoms with E-state index < -0.39 is 5.82 Å². The van der Waals surface area contributed by atoms with Crippen LogP contribution in [0.1, 0.15) is 23.7 Å². The van der Waals surface area contributed by atoms with E-state index in [1.54, 1.807) is 12.1 Å². The van der Waals surface area contributed by atoms with Gasteiger partial charge < -0.3 is 15.1 Å². The van der Waals surface area contributed by atoms with Gasteiger partial charge >= 0.3 is 0 Å². The molecule has 0 aliphatic carbocycles. The summed E-state index contributed by atoms with van der Waals surface area (Å²) < 4.78 is 14.3. The number of halogens is 1. The maximum Gasteiger partial charge on any atom is 0.156 e. The van der Waals surface area contributed by atoms with Crippen molar-refractivity contribution in [1.29, 1.82) is 5.26 Å². The largest absolute Gasteiger partial charge is 0.369 e. The first-order chi connectivity index (χ1) is 14.4. The number of aryl methyl sites for hydroxylation is 1. The van der Waals surface area contributed by atoms with E-state index in [9.17, 15) is 4.39 Å². The van der Waals surface area contributed by atoms with Crippen molar-refractivity contribution in [3.8, 4) is 6.07 Å². The predicted octanol–water partition coefficient (Wildman–Crippen LogP) is 1.75. The third kappa shape index (κ3) is 4.84. The molecular weight excluding hydrogens is 379 g/mol. The summed E-state index contributed by atoms with van der Waals surface area (Å²) >= 11 is 0. The van der Waals surface area contributed by atoms with Crippen molar-refractivity contribution in [3.05, 3.63) is 63.6 Å². The Morgan fingerprint density at radius 3 is 2.63 bits per heavy atom. The van der Waals surface area contributed by atoms with Crippen molar-refractivity contribution in [2.45, 2.75) is 20.4 Å². The van der Waals surface area contributed by atoms with Gasteiger partial charge in [0.25, 0.3) is 0 Å². The van der Waals surface area contributed by atoms with Crippen LogP contribution < -0.4 is 15.8 Å². The number of hydrogen-bond acceptors (Lipinski definition) is 6. The second-order valence-electron chi connectivity index (χ2n) is 7.45. The minimum atomic E-state index is -0.420. The van der Waals surface area contributed by atoms with Crippen molar-refractivity contribution in [2.24, 2.45) is 0 Å². The average molecular weight is 407 g/mol. The Morgan fingerprint density at radius 1 is 1.27 bits per heavy atom. The second-order valence-corrected chi connectivity index (χ2v) is 7.45. The van der Waals surface area contributed by atoms with Gasteiger partial charge in [-0.3, -0.25) is 0 Å². The van der Waals surface area contributed by atoms with Crippen molar-refractivity contribution in [1.82, 2.24) is 20.0 Å². The maximum absolute atomic E-state index is 14.3. The highest BCUT2D eigenvalue weighted by Crippen LogP contribution is 2.12. The van der Waals surface area contributed by atoms with Gasteiger partial charge in [0.1, 0.15) is 5.82 Å². The zero-order valence-corrected chi connectivity index (χ0v) is 17.7. The standard InChI is InChI=1S/C23H27FN6/c1-5-20-17(3)27-28-23(26-15-19-7-6-18(14-25)13-22(19)24)21(20)12-16(2)30-10-8-29(4)9-11-30/h5-7,12-13H,2,8-11,15H2,1,3-4H3,(H,26,28)/b20-5-,21-12+. The van der Waals surface area contributed by atoms with E-state index in [2.05, 4.69) is 38.9 Å². The first-order valence-corrected chi connectivity index (χ1v) is 9.99. The molecule has 6 nitrogen and oxygen atoms in total. The zero-order chi connectivity index (χ0) is 21.7. The fraction of sp³-hybridized carbons (Fsp3) is 0.348. The average Bonchev–Trinajstić information content (AvgIpc) is 2.74. The Bertz CT molecular complexity index is 1090. The van der Waals surface area contributed by atoms with Gasteiger partial charge in [-0.15, -0.1) is 5.10 Å². The first-order valence-electron chi connectivity index (χ1n) is 9.99. The molecule has 2 heterocycles. The van der Waals surface area contributed by atoms with E-state index in [-0.39, 0.29) is 6.54 Å². The van der Waals surface area contributed by atoms with Gasteiger partial charge in [0.2, 0.25) is 0 Å². The lowest BCUT2D eigenvalue weighted by atomic mass is 10.1. The van der Waals surface area contributed by atoms with Gasteiger partial charge in [0.15, 0.2) is 5.82 Å². The topological polar surface area (TPSA) is 68.1 Å². The minimum Gasteiger partial charge on any atom is -0.369 e. The van der Waals surface area contributed by atoms with Gasteiger partial charge in [-0.1, -0.05) is 18.7 Å². The molecule has 1 aromatic carbocycles. The number of benzene rings is 1. The van der Waals surface area contributed by atoms with Crippen LogP contribution in [0.5, 0.6) is 0 Å². The SMILES string of the molecule is C=C(/C=c1/c(NCc2ccc(C#N)cc2F)nnc(C)/c1=C/C)N1CCN(C)CC1. The van der Waals surface area contributed by atoms with Crippen LogP contribution in [0, 0.1) is 24.1 Å². The van der Waals surface area contributed by atoms with Crippen LogP contribution in [0.25, 0.3) is 12.2 Å². The third-order valence-corrected chi connectivity index (χ3v) is 5.37. The maximum atomic E-state index is 14.3. The summed E-state index contributed by atoms with van der Waals surface area (Å²) in [6.07, 6.45) is 4.03. The Morgan fingerprint density at radius 2 is 2.00 bits per heavy atom. The Labute approximate surface area is 176 Å². The van der Waals surface area contributed by atoms with Gasteiger partial charge in [-0.2, -0.15) is 10.4 Å². The number of hydrogen-bond donors (Lipinski definition) is 1. The van der Waals surface area contributed by atoms with Gasteiger partial charge in [0, 0.05) is 54.4 Å². The van der Waals surface area contributed by atoms with Crippen LogP contribution in [0.2, 0.25) is 0 Å². The molecule has 2 aromatic rings. The summed E-state index contributed by atoms with van der Waals surface area (Å²) in [6, 6.07) is 6.41. The number of rotatable bonds is 5. The van der Waals surface area contributed by atoms with E-state index >= 15 is 0 Å². The number of aromatic nitrogens is 2. The Hall–Kier alpha value is -3.24. The Kier molecular flexibility index (Phi) is 6.80. The van der Waals surface area contributed by atoms with Crippen LogP contribution in [0.4, 0.5) is 10.2 Å². The summed E-state index contributed by atoms with van der Waals surface area (Å²) in [5, 5.41) is 22.6. The molecule has 0 radical (unpaired) electrons. The molecule has 0 atom stereocenters. The normalized spacial score (nSPS) is 15.9. The minimum absolute atomic E-state index is 0.236.